The molecule has 2 rings (SSSR count). The van der Waals surface area contributed by atoms with Crippen LogP contribution in [0.15, 0.2) is 60.7 Å². The second-order valence-electron chi connectivity index (χ2n) is 5.67. The zero-order valence-electron chi connectivity index (χ0n) is 14.2. The van der Waals surface area contributed by atoms with Crippen molar-refractivity contribution in [2.45, 2.75) is 32.6 Å². The van der Waals surface area contributed by atoms with Gasteiger partial charge >= 0.3 is 0 Å². The Balaban J connectivity index is 1.76. The van der Waals surface area contributed by atoms with Gasteiger partial charge < -0.3 is 10.1 Å². The summed E-state index contributed by atoms with van der Waals surface area (Å²) in [7, 11) is 0. The second-order valence-corrected chi connectivity index (χ2v) is 5.67. The van der Waals surface area contributed by atoms with Crippen molar-refractivity contribution in [2.24, 2.45) is 0 Å². The lowest BCUT2D eigenvalue weighted by Gasteiger charge is -2.07. The van der Waals surface area contributed by atoms with E-state index in [1.165, 1.54) is 25.3 Å². The molecule has 3 heteroatoms. The maximum atomic E-state index is 11.9. The Morgan fingerprint density at radius 1 is 1.00 bits per heavy atom. The van der Waals surface area contributed by atoms with Gasteiger partial charge in [-0.15, -0.1) is 0 Å². The van der Waals surface area contributed by atoms with E-state index in [-0.39, 0.29) is 5.91 Å². The lowest BCUT2D eigenvalue weighted by Crippen LogP contribution is -2.07. The highest BCUT2D eigenvalue weighted by atomic mass is 16.5. The summed E-state index contributed by atoms with van der Waals surface area (Å²) < 4.78 is 5.69. The summed E-state index contributed by atoms with van der Waals surface area (Å²) in [6, 6.07) is 17.2. The van der Waals surface area contributed by atoms with Gasteiger partial charge in [0.05, 0.1) is 6.61 Å². The van der Waals surface area contributed by atoms with Crippen LogP contribution in [0.1, 0.15) is 38.2 Å². The van der Waals surface area contributed by atoms with Crippen LogP contribution in [0.25, 0.3) is 6.08 Å². The fourth-order valence-electron chi connectivity index (χ4n) is 2.27. The zero-order chi connectivity index (χ0) is 17.0. The number of nitrogens with one attached hydrogen (secondary N) is 1. The van der Waals surface area contributed by atoms with Gasteiger partial charge in [-0.1, -0.05) is 56.5 Å². The Bertz CT molecular complexity index is 633. The molecular formula is C21H25NO2. The Labute approximate surface area is 144 Å². The van der Waals surface area contributed by atoms with E-state index >= 15 is 0 Å². The van der Waals surface area contributed by atoms with Crippen molar-refractivity contribution in [3.05, 3.63) is 66.2 Å². The molecular weight excluding hydrogens is 298 g/mol. The van der Waals surface area contributed by atoms with Crippen molar-refractivity contribution in [1.82, 2.24) is 0 Å². The zero-order valence-corrected chi connectivity index (χ0v) is 14.2. The third kappa shape index (κ3) is 6.69. The first-order valence-electron chi connectivity index (χ1n) is 8.55. The fraction of sp³-hybridized carbons (Fsp3) is 0.286. The molecule has 2 aromatic carbocycles. The SMILES string of the molecule is CCCCCCOc1ccc(NC(=O)C=Cc2ccccc2)cc1. The average Bonchev–Trinajstić information content (AvgIpc) is 2.62. The van der Waals surface area contributed by atoms with Crippen LogP contribution in [0.3, 0.4) is 0 Å². The number of carbonyl (C=O) groups is 1. The summed E-state index contributed by atoms with van der Waals surface area (Å²) in [5.41, 5.74) is 1.76. The van der Waals surface area contributed by atoms with Crippen molar-refractivity contribution < 1.29 is 9.53 Å². The molecule has 0 fully saturated rings. The number of rotatable bonds is 9. The van der Waals surface area contributed by atoms with E-state index in [2.05, 4.69) is 12.2 Å². The molecule has 3 nitrogen and oxygen atoms in total. The van der Waals surface area contributed by atoms with Gasteiger partial charge in [0, 0.05) is 11.8 Å². The average molecular weight is 323 g/mol. The van der Waals surface area contributed by atoms with Crippen LogP contribution in [0, 0.1) is 0 Å². The number of carbonyl (C=O) groups excluding carboxylic acids is 1. The van der Waals surface area contributed by atoms with E-state index in [9.17, 15) is 4.79 Å². The van der Waals surface area contributed by atoms with Gasteiger partial charge in [-0.3, -0.25) is 4.79 Å². The number of unbranched alkanes of at least 4 members (excludes halogenated alkanes) is 3. The van der Waals surface area contributed by atoms with E-state index < -0.39 is 0 Å². The molecule has 0 aliphatic heterocycles. The summed E-state index contributed by atoms with van der Waals surface area (Å²) in [5.74, 6) is 0.691. The molecule has 0 heterocycles. The third-order valence-electron chi connectivity index (χ3n) is 3.62. The van der Waals surface area contributed by atoms with E-state index in [0.29, 0.717) is 0 Å². The van der Waals surface area contributed by atoms with Crippen molar-refractivity contribution in [2.75, 3.05) is 11.9 Å². The number of hydrogen-bond acceptors (Lipinski definition) is 2. The minimum atomic E-state index is -0.146. The highest BCUT2D eigenvalue weighted by Crippen LogP contribution is 2.16. The van der Waals surface area contributed by atoms with Crippen LogP contribution < -0.4 is 10.1 Å². The number of hydrogen-bond donors (Lipinski definition) is 1. The number of ether oxygens (including phenoxy) is 1. The molecule has 0 unspecified atom stereocenters. The van der Waals surface area contributed by atoms with Crippen LogP contribution >= 0.6 is 0 Å². The quantitative estimate of drug-likeness (QED) is 0.502. The van der Waals surface area contributed by atoms with Gasteiger partial charge in [0.1, 0.15) is 5.75 Å². The summed E-state index contributed by atoms with van der Waals surface area (Å²) in [6.45, 7) is 2.94. The molecule has 0 aromatic heterocycles. The molecule has 0 aliphatic carbocycles. The van der Waals surface area contributed by atoms with Crippen LogP contribution in [0.5, 0.6) is 5.75 Å². The summed E-state index contributed by atoms with van der Waals surface area (Å²) in [5, 5.41) is 2.84. The summed E-state index contributed by atoms with van der Waals surface area (Å²) >= 11 is 0. The molecule has 1 N–H and O–H groups in total. The highest BCUT2D eigenvalue weighted by Gasteiger charge is 1.99. The van der Waals surface area contributed by atoms with E-state index in [4.69, 9.17) is 4.74 Å². The predicted octanol–water partition coefficient (Wildman–Crippen LogP) is 5.30. The Morgan fingerprint density at radius 3 is 2.46 bits per heavy atom. The van der Waals surface area contributed by atoms with Crippen LogP contribution in [0.4, 0.5) is 5.69 Å². The van der Waals surface area contributed by atoms with Crippen LogP contribution in [-0.2, 0) is 4.79 Å². The van der Waals surface area contributed by atoms with Gasteiger partial charge in [-0.2, -0.15) is 0 Å². The standard InChI is InChI=1S/C21H25NO2/c1-2-3-4-8-17-24-20-14-12-19(13-15-20)22-21(23)16-11-18-9-6-5-7-10-18/h5-7,9-16H,2-4,8,17H2,1H3,(H,22,23). The second kappa shape index (κ2) is 10.3. The molecule has 0 saturated heterocycles. The van der Waals surface area contributed by atoms with Gasteiger partial charge in [0.2, 0.25) is 5.91 Å². The number of amides is 1. The number of anilines is 1. The van der Waals surface area contributed by atoms with Crippen molar-refractivity contribution in [3.8, 4) is 5.75 Å². The first-order chi connectivity index (χ1) is 11.8. The first-order valence-corrected chi connectivity index (χ1v) is 8.55. The number of benzene rings is 2. The molecule has 0 radical (unpaired) electrons. The minimum Gasteiger partial charge on any atom is -0.494 e. The molecule has 0 aliphatic rings. The Morgan fingerprint density at radius 2 is 1.75 bits per heavy atom. The van der Waals surface area contributed by atoms with E-state index in [0.717, 1.165) is 30.0 Å². The lowest BCUT2D eigenvalue weighted by atomic mass is 10.2. The van der Waals surface area contributed by atoms with Crippen LogP contribution in [-0.4, -0.2) is 12.5 Å². The Hall–Kier alpha value is -2.55. The molecule has 126 valence electrons. The van der Waals surface area contributed by atoms with Crippen molar-refractivity contribution in [3.63, 3.8) is 0 Å². The molecule has 0 atom stereocenters. The summed E-state index contributed by atoms with van der Waals surface area (Å²) in [4.78, 5) is 11.9. The topological polar surface area (TPSA) is 38.3 Å². The van der Waals surface area contributed by atoms with Crippen LogP contribution in [0.2, 0.25) is 0 Å². The lowest BCUT2D eigenvalue weighted by molar-refractivity contribution is -0.111. The highest BCUT2D eigenvalue weighted by molar-refractivity contribution is 6.01. The normalized spacial score (nSPS) is 10.7. The largest absolute Gasteiger partial charge is 0.494 e. The smallest absolute Gasteiger partial charge is 0.248 e. The van der Waals surface area contributed by atoms with Gasteiger partial charge in [-0.25, -0.2) is 0 Å². The molecule has 1 amide bonds. The molecule has 0 saturated carbocycles. The van der Waals surface area contributed by atoms with Gasteiger partial charge in [0.25, 0.3) is 0 Å². The Kier molecular flexibility index (Phi) is 7.61. The van der Waals surface area contributed by atoms with E-state index in [1.54, 1.807) is 6.08 Å². The monoisotopic (exact) mass is 323 g/mol. The van der Waals surface area contributed by atoms with Gasteiger partial charge in [-0.05, 0) is 42.3 Å². The molecule has 0 spiro atoms. The van der Waals surface area contributed by atoms with Crippen molar-refractivity contribution in [1.29, 1.82) is 0 Å². The molecule has 24 heavy (non-hydrogen) atoms. The molecule has 2 aromatic rings. The minimum absolute atomic E-state index is 0.146. The van der Waals surface area contributed by atoms with Crippen molar-refractivity contribution >= 4 is 17.7 Å². The predicted molar refractivity (Wildman–Crippen MR) is 100 cm³/mol. The van der Waals surface area contributed by atoms with E-state index in [1.807, 2.05) is 54.6 Å². The third-order valence-corrected chi connectivity index (χ3v) is 3.62. The first kappa shape index (κ1) is 17.8. The molecule has 0 bridgehead atoms. The fourth-order valence-corrected chi connectivity index (χ4v) is 2.27. The maximum Gasteiger partial charge on any atom is 0.248 e. The maximum absolute atomic E-state index is 11.9. The van der Waals surface area contributed by atoms with Gasteiger partial charge in [0.15, 0.2) is 0 Å². The summed E-state index contributed by atoms with van der Waals surface area (Å²) in [6.07, 6.45) is 8.10.